The second kappa shape index (κ2) is 11.8. The predicted molar refractivity (Wildman–Crippen MR) is 134 cm³/mol. The van der Waals surface area contributed by atoms with E-state index in [-0.39, 0.29) is 5.75 Å². The molecule has 0 heterocycles. The number of rotatable bonds is 7. The molecule has 0 fully saturated rings. The number of halogens is 1. The number of amides is 2. The zero-order chi connectivity index (χ0) is 25.4. The van der Waals surface area contributed by atoms with Crippen molar-refractivity contribution in [1.82, 2.24) is 5.43 Å². The van der Waals surface area contributed by atoms with Crippen molar-refractivity contribution >= 4 is 45.1 Å². The van der Waals surface area contributed by atoms with Gasteiger partial charge in [-0.05, 0) is 59.3 Å². The van der Waals surface area contributed by atoms with Crippen LogP contribution in [0.1, 0.15) is 22.8 Å². The van der Waals surface area contributed by atoms with Gasteiger partial charge in [0.15, 0.2) is 0 Å². The summed E-state index contributed by atoms with van der Waals surface area (Å²) in [5.41, 5.74) is 3.64. The largest absolute Gasteiger partial charge is 0.497 e. The Morgan fingerprint density at radius 1 is 0.829 bits per heavy atom. The van der Waals surface area contributed by atoms with E-state index in [0.717, 1.165) is 0 Å². The van der Waals surface area contributed by atoms with E-state index in [1.165, 1.54) is 14.2 Å². The van der Waals surface area contributed by atoms with Crippen LogP contribution in [0.4, 0.5) is 5.69 Å². The molecule has 0 unspecified atom stereocenters. The van der Waals surface area contributed by atoms with E-state index in [9.17, 15) is 14.4 Å². The van der Waals surface area contributed by atoms with Crippen molar-refractivity contribution in [2.24, 2.45) is 5.10 Å². The SMILES string of the molecule is COc1ccc(NC(=O)C(=O)NN=C(C)c2ccccc2OC(=O)c2ccccc2Br)c(OC)c1. The Bertz CT molecular complexity index is 1290. The summed E-state index contributed by atoms with van der Waals surface area (Å²) < 4.78 is 16.5. The monoisotopic (exact) mass is 539 g/mol. The van der Waals surface area contributed by atoms with E-state index < -0.39 is 17.8 Å². The number of nitrogens with one attached hydrogen (secondary N) is 2. The highest BCUT2D eigenvalue weighted by molar-refractivity contribution is 9.10. The molecule has 0 aliphatic carbocycles. The Kier molecular flexibility index (Phi) is 8.58. The van der Waals surface area contributed by atoms with Crippen molar-refractivity contribution in [3.8, 4) is 17.2 Å². The Labute approximate surface area is 210 Å². The summed E-state index contributed by atoms with van der Waals surface area (Å²) in [5.74, 6) is -1.40. The topological polar surface area (TPSA) is 115 Å². The summed E-state index contributed by atoms with van der Waals surface area (Å²) in [6, 6.07) is 18.3. The average molecular weight is 540 g/mol. The Morgan fingerprint density at radius 2 is 1.51 bits per heavy atom. The Balaban J connectivity index is 1.70. The lowest BCUT2D eigenvalue weighted by atomic mass is 10.1. The first-order chi connectivity index (χ1) is 16.8. The molecular formula is C25H22BrN3O6. The zero-order valence-corrected chi connectivity index (χ0v) is 20.7. The molecule has 3 aromatic rings. The van der Waals surface area contributed by atoms with Gasteiger partial charge in [0.1, 0.15) is 17.2 Å². The summed E-state index contributed by atoms with van der Waals surface area (Å²) in [7, 11) is 2.93. The minimum atomic E-state index is -0.995. The van der Waals surface area contributed by atoms with Gasteiger partial charge in [0, 0.05) is 16.1 Å². The van der Waals surface area contributed by atoms with Crippen LogP contribution in [0.5, 0.6) is 17.2 Å². The number of anilines is 1. The summed E-state index contributed by atoms with van der Waals surface area (Å²) in [6.45, 7) is 1.61. The molecular weight excluding hydrogens is 518 g/mol. The maximum atomic E-state index is 12.6. The van der Waals surface area contributed by atoms with E-state index in [1.54, 1.807) is 73.7 Å². The molecule has 2 amide bonds. The molecule has 0 aliphatic rings. The summed E-state index contributed by atoms with van der Waals surface area (Å²) in [5, 5.41) is 6.45. The number of nitrogens with zero attached hydrogens (tertiary/aromatic N) is 1. The predicted octanol–water partition coefficient (Wildman–Crippen LogP) is 4.16. The normalized spacial score (nSPS) is 10.8. The highest BCUT2D eigenvalue weighted by Gasteiger charge is 2.18. The summed E-state index contributed by atoms with van der Waals surface area (Å²) in [4.78, 5) is 37.2. The number of carbonyl (C=O) groups is 3. The first kappa shape index (κ1) is 25.4. The van der Waals surface area contributed by atoms with Crippen LogP contribution >= 0.6 is 15.9 Å². The highest BCUT2D eigenvalue weighted by atomic mass is 79.9. The number of benzene rings is 3. The number of hydrogen-bond donors (Lipinski definition) is 2. The van der Waals surface area contributed by atoms with Gasteiger partial charge in [0.05, 0.1) is 31.2 Å². The molecule has 180 valence electrons. The second-order valence-corrected chi connectivity index (χ2v) is 7.88. The molecule has 3 aromatic carbocycles. The van der Waals surface area contributed by atoms with Gasteiger partial charge in [-0.2, -0.15) is 5.10 Å². The minimum absolute atomic E-state index is 0.246. The first-order valence-electron chi connectivity index (χ1n) is 10.3. The fraction of sp³-hybridized carbons (Fsp3) is 0.120. The molecule has 0 aliphatic heterocycles. The van der Waals surface area contributed by atoms with E-state index >= 15 is 0 Å². The molecule has 0 radical (unpaired) electrons. The van der Waals surface area contributed by atoms with Crippen LogP contribution in [0.2, 0.25) is 0 Å². The Hall–Kier alpha value is -4.18. The maximum Gasteiger partial charge on any atom is 0.344 e. The smallest absolute Gasteiger partial charge is 0.344 e. The maximum absolute atomic E-state index is 12.6. The van der Waals surface area contributed by atoms with Crippen LogP contribution in [0.25, 0.3) is 0 Å². The van der Waals surface area contributed by atoms with Gasteiger partial charge in [0.25, 0.3) is 0 Å². The number of ether oxygens (including phenoxy) is 3. The molecule has 3 rings (SSSR count). The van der Waals surface area contributed by atoms with Crippen molar-refractivity contribution < 1.29 is 28.6 Å². The van der Waals surface area contributed by atoms with Crippen LogP contribution in [0, 0.1) is 0 Å². The van der Waals surface area contributed by atoms with Crippen molar-refractivity contribution in [3.05, 3.63) is 82.3 Å². The molecule has 0 bridgehead atoms. The fourth-order valence-electron chi connectivity index (χ4n) is 2.96. The third kappa shape index (κ3) is 6.45. The number of carbonyl (C=O) groups excluding carboxylic acids is 3. The number of methoxy groups -OCH3 is 2. The number of esters is 1. The quantitative estimate of drug-likeness (QED) is 0.153. The highest BCUT2D eigenvalue weighted by Crippen LogP contribution is 2.29. The van der Waals surface area contributed by atoms with Crippen molar-refractivity contribution in [2.75, 3.05) is 19.5 Å². The van der Waals surface area contributed by atoms with Gasteiger partial charge in [-0.25, -0.2) is 10.2 Å². The lowest BCUT2D eigenvalue weighted by molar-refractivity contribution is -0.136. The van der Waals surface area contributed by atoms with Gasteiger partial charge in [0.2, 0.25) is 0 Å². The lowest BCUT2D eigenvalue weighted by Gasteiger charge is -2.12. The molecule has 0 spiro atoms. The van der Waals surface area contributed by atoms with Crippen LogP contribution in [0.15, 0.2) is 76.3 Å². The molecule has 10 heteroatoms. The van der Waals surface area contributed by atoms with Crippen LogP contribution in [-0.2, 0) is 9.59 Å². The lowest BCUT2D eigenvalue weighted by Crippen LogP contribution is -2.33. The van der Waals surface area contributed by atoms with Crippen molar-refractivity contribution in [3.63, 3.8) is 0 Å². The summed E-state index contributed by atoms with van der Waals surface area (Å²) in [6.07, 6.45) is 0. The van der Waals surface area contributed by atoms with E-state index in [1.807, 2.05) is 0 Å². The Morgan fingerprint density at radius 3 is 2.20 bits per heavy atom. The van der Waals surface area contributed by atoms with Crippen molar-refractivity contribution in [1.29, 1.82) is 0 Å². The van der Waals surface area contributed by atoms with Gasteiger partial charge in [-0.1, -0.05) is 24.3 Å². The average Bonchev–Trinajstić information content (AvgIpc) is 2.87. The van der Waals surface area contributed by atoms with Gasteiger partial charge >= 0.3 is 17.8 Å². The molecule has 0 atom stereocenters. The third-order valence-electron chi connectivity index (χ3n) is 4.76. The molecule has 0 saturated carbocycles. The molecule has 9 nitrogen and oxygen atoms in total. The number of hydrogen-bond acceptors (Lipinski definition) is 7. The standard InChI is InChI=1S/C25H22BrN3O6/c1-15(17-8-5-7-11-21(17)35-25(32)18-9-4-6-10-19(18)26)28-29-24(31)23(30)27-20-13-12-16(33-2)14-22(20)34-3/h4-14H,1-3H3,(H,27,30)(H,29,31). The molecule has 35 heavy (non-hydrogen) atoms. The van der Waals surface area contributed by atoms with E-state index in [2.05, 4.69) is 31.8 Å². The third-order valence-corrected chi connectivity index (χ3v) is 5.45. The van der Waals surface area contributed by atoms with Crippen molar-refractivity contribution in [2.45, 2.75) is 6.92 Å². The van der Waals surface area contributed by atoms with Crippen LogP contribution < -0.4 is 25.0 Å². The van der Waals surface area contributed by atoms with Crippen LogP contribution in [0.3, 0.4) is 0 Å². The number of hydrazone groups is 1. The van der Waals surface area contributed by atoms with Gasteiger partial charge in [-0.15, -0.1) is 0 Å². The molecule has 0 aromatic heterocycles. The van der Waals surface area contributed by atoms with Gasteiger partial charge in [-0.3, -0.25) is 9.59 Å². The number of para-hydroxylation sites is 1. The first-order valence-corrected chi connectivity index (χ1v) is 11.1. The van der Waals surface area contributed by atoms with E-state index in [4.69, 9.17) is 14.2 Å². The van der Waals surface area contributed by atoms with Gasteiger partial charge < -0.3 is 19.5 Å². The van der Waals surface area contributed by atoms with E-state index in [0.29, 0.717) is 38.5 Å². The van der Waals surface area contributed by atoms with Crippen LogP contribution in [-0.4, -0.2) is 37.7 Å². The summed E-state index contributed by atoms with van der Waals surface area (Å²) >= 11 is 3.33. The minimum Gasteiger partial charge on any atom is -0.497 e. The molecule has 0 saturated heterocycles. The zero-order valence-electron chi connectivity index (χ0n) is 19.1. The molecule has 2 N–H and O–H groups in total. The second-order valence-electron chi connectivity index (χ2n) is 7.02. The fourth-order valence-corrected chi connectivity index (χ4v) is 3.41.